The van der Waals surface area contributed by atoms with E-state index in [9.17, 15) is 5.41 Å². The molecule has 0 aliphatic heterocycles. The molecule has 1 aromatic carbocycles. The van der Waals surface area contributed by atoms with Crippen LogP contribution in [0.4, 0.5) is 5.69 Å². The molecule has 38 heavy (non-hydrogen) atoms. The van der Waals surface area contributed by atoms with Crippen LogP contribution >= 0.6 is 0 Å². The van der Waals surface area contributed by atoms with E-state index in [4.69, 9.17) is 15.0 Å². The van der Waals surface area contributed by atoms with Gasteiger partial charge in [0.2, 0.25) is 0 Å². The Kier molecular flexibility index (Phi) is 10.4. The molecule has 0 fully saturated rings. The van der Waals surface area contributed by atoms with E-state index in [0.29, 0.717) is 11.6 Å². The summed E-state index contributed by atoms with van der Waals surface area (Å²) < 4.78 is 0. The number of benzene rings is 1. The summed E-state index contributed by atoms with van der Waals surface area (Å²) in [6.07, 6.45) is 7.75. The van der Waals surface area contributed by atoms with E-state index in [-0.39, 0.29) is 37.6 Å². The third-order valence-electron chi connectivity index (χ3n) is 6.73. The SMILES string of the molecule is CC(c1c[c-]c(-c2nc(C(C)(C)C(=[N-])/C=C\Nc3[c-]cccc3)cnc2CC(C)(C)C)cn1)C(C)(C)C.[Pt]. The van der Waals surface area contributed by atoms with Crippen LogP contribution in [0.3, 0.4) is 0 Å². The molecule has 5 nitrogen and oxygen atoms in total. The first kappa shape index (κ1) is 31.6. The van der Waals surface area contributed by atoms with Crippen LogP contribution in [0, 0.1) is 23.0 Å². The average molecular weight is 690 g/mol. The summed E-state index contributed by atoms with van der Waals surface area (Å²) in [5, 5.41) is 14.1. The third-order valence-corrected chi connectivity index (χ3v) is 6.73. The zero-order chi connectivity index (χ0) is 27.4. The summed E-state index contributed by atoms with van der Waals surface area (Å²) in [5.74, 6) is 0.295. The normalized spacial score (nSPS) is 13.2. The van der Waals surface area contributed by atoms with Crippen LogP contribution in [0.25, 0.3) is 16.7 Å². The van der Waals surface area contributed by atoms with E-state index in [1.54, 1.807) is 18.5 Å². The van der Waals surface area contributed by atoms with Gasteiger partial charge >= 0.3 is 0 Å². The number of rotatable bonds is 8. The first-order valence-electron chi connectivity index (χ1n) is 12.9. The molecule has 2 aromatic heterocycles. The molecule has 0 aliphatic carbocycles. The molecule has 0 spiro atoms. The summed E-state index contributed by atoms with van der Waals surface area (Å²) in [5.41, 5.74) is 4.55. The van der Waals surface area contributed by atoms with Gasteiger partial charge in [0.15, 0.2) is 0 Å². The van der Waals surface area contributed by atoms with Crippen LogP contribution in [0.2, 0.25) is 0 Å². The Morgan fingerprint density at radius 3 is 2.29 bits per heavy atom. The molecule has 1 atom stereocenters. The summed E-state index contributed by atoms with van der Waals surface area (Å²) in [7, 11) is 0. The topological polar surface area (TPSA) is 73.0 Å². The standard InChI is InChI=1S/C32H40N5.Pt/c1-22(31(5,6)7)25-16-15-23(20-35-25)29-26(19-30(2,3)4)36-21-28(37-29)32(8,9)27(33)17-18-34-24-13-11-10-12-14-24;/h10-13,16-18,20-22,34H,19H2,1-9H3;/q-3;/b18-17-;. The Balaban J connectivity index is 0.00000507. The second kappa shape index (κ2) is 12.5. The number of anilines is 1. The van der Waals surface area contributed by atoms with Crippen molar-refractivity contribution in [2.75, 3.05) is 5.32 Å². The Morgan fingerprint density at radius 2 is 1.74 bits per heavy atom. The van der Waals surface area contributed by atoms with E-state index in [2.05, 4.69) is 65.9 Å². The van der Waals surface area contributed by atoms with Crippen molar-refractivity contribution < 1.29 is 21.1 Å². The molecule has 6 heteroatoms. The van der Waals surface area contributed by atoms with Crippen molar-refractivity contribution in [1.82, 2.24) is 15.0 Å². The number of allylic oxidation sites excluding steroid dienone is 1. The fraction of sp³-hybridized carbons (Fsp3) is 0.438. The maximum Gasteiger partial charge on any atom is 0.0561 e. The van der Waals surface area contributed by atoms with Gasteiger partial charge in [-0.3, -0.25) is 9.97 Å². The fourth-order valence-electron chi connectivity index (χ4n) is 3.77. The van der Waals surface area contributed by atoms with E-state index in [1.807, 2.05) is 50.4 Å². The predicted octanol–water partition coefficient (Wildman–Crippen LogP) is 7.79. The molecule has 3 rings (SSSR count). The molecule has 0 aliphatic rings. The second-order valence-corrected chi connectivity index (χ2v) is 12.5. The first-order valence-corrected chi connectivity index (χ1v) is 12.9. The van der Waals surface area contributed by atoms with Crippen LogP contribution in [-0.2, 0) is 32.9 Å². The molecule has 1 N–H and O–H groups in total. The van der Waals surface area contributed by atoms with Crippen LogP contribution in [-0.4, -0.2) is 20.7 Å². The van der Waals surface area contributed by atoms with Crippen molar-refractivity contribution in [3.05, 3.63) is 89.6 Å². The second-order valence-electron chi connectivity index (χ2n) is 12.5. The molecular weight excluding hydrogens is 649 g/mol. The van der Waals surface area contributed by atoms with Crippen LogP contribution < -0.4 is 5.32 Å². The minimum absolute atomic E-state index is 0. The Morgan fingerprint density at radius 1 is 1.03 bits per heavy atom. The summed E-state index contributed by atoms with van der Waals surface area (Å²) in [6, 6.07) is 16.1. The van der Waals surface area contributed by atoms with E-state index in [1.165, 1.54) is 0 Å². The van der Waals surface area contributed by atoms with Crippen molar-refractivity contribution in [1.29, 1.82) is 0 Å². The molecule has 3 aromatic rings. The maximum absolute atomic E-state index is 11.0. The number of aromatic nitrogens is 3. The minimum atomic E-state index is -0.755. The number of hydrogen-bond donors (Lipinski definition) is 1. The molecule has 2 heterocycles. The Hall–Kier alpha value is -2.65. The minimum Gasteiger partial charge on any atom is -0.807 e. The molecule has 1 unspecified atom stereocenters. The summed E-state index contributed by atoms with van der Waals surface area (Å²) >= 11 is 0. The van der Waals surface area contributed by atoms with E-state index in [0.717, 1.165) is 34.8 Å². The average Bonchev–Trinajstić information content (AvgIpc) is 2.83. The summed E-state index contributed by atoms with van der Waals surface area (Å²) in [4.78, 5) is 14.6. The smallest absolute Gasteiger partial charge is 0.0561 e. The van der Waals surface area contributed by atoms with Gasteiger partial charge in [-0.15, -0.1) is 23.8 Å². The van der Waals surface area contributed by atoms with Crippen molar-refractivity contribution in [2.45, 2.75) is 80.1 Å². The first-order chi connectivity index (χ1) is 17.2. The molecule has 0 saturated carbocycles. The Labute approximate surface area is 243 Å². The van der Waals surface area contributed by atoms with Gasteiger partial charge in [0.05, 0.1) is 5.69 Å². The number of nitrogens with zero attached hydrogens (tertiary/aromatic N) is 4. The van der Waals surface area contributed by atoms with Crippen molar-refractivity contribution in [2.24, 2.45) is 10.8 Å². The van der Waals surface area contributed by atoms with Crippen LogP contribution in [0.5, 0.6) is 0 Å². The van der Waals surface area contributed by atoms with Crippen molar-refractivity contribution in [3.63, 3.8) is 0 Å². The Bertz CT molecular complexity index is 1230. The van der Waals surface area contributed by atoms with Gasteiger partial charge in [0.1, 0.15) is 0 Å². The molecule has 0 amide bonds. The zero-order valence-electron chi connectivity index (χ0n) is 24.1. The van der Waals surface area contributed by atoms with Gasteiger partial charge in [-0.1, -0.05) is 80.3 Å². The van der Waals surface area contributed by atoms with Gasteiger partial charge in [-0.2, -0.15) is 30.0 Å². The summed E-state index contributed by atoms with van der Waals surface area (Å²) in [6.45, 7) is 19.3. The fourth-order valence-corrected chi connectivity index (χ4v) is 3.77. The largest absolute Gasteiger partial charge is 0.807 e. The van der Waals surface area contributed by atoms with Crippen LogP contribution in [0.15, 0.2) is 55.0 Å². The number of pyridine rings is 1. The van der Waals surface area contributed by atoms with Gasteiger partial charge in [-0.25, -0.2) is 0 Å². The van der Waals surface area contributed by atoms with Gasteiger partial charge in [0, 0.05) is 44.1 Å². The van der Waals surface area contributed by atoms with Gasteiger partial charge in [-0.05, 0) is 35.1 Å². The number of para-hydroxylation sites is 1. The van der Waals surface area contributed by atoms with Crippen LogP contribution in [0.1, 0.15) is 85.3 Å². The molecule has 0 bridgehead atoms. The monoisotopic (exact) mass is 689 g/mol. The van der Waals surface area contributed by atoms with Gasteiger partial charge < -0.3 is 15.7 Å². The van der Waals surface area contributed by atoms with Crippen molar-refractivity contribution in [3.8, 4) is 11.3 Å². The van der Waals surface area contributed by atoms with Gasteiger partial charge in [0.25, 0.3) is 0 Å². The predicted molar refractivity (Wildman–Crippen MR) is 155 cm³/mol. The number of hydrogen-bond acceptors (Lipinski definition) is 4. The van der Waals surface area contributed by atoms with E-state index >= 15 is 0 Å². The molecule has 206 valence electrons. The maximum atomic E-state index is 11.0. The number of nitrogens with one attached hydrogen (secondary N) is 1. The third kappa shape index (κ3) is 8.17. The van der Waals surface area contributed by atoms with E-state index < -0.39 is 5.41 Å². The zero-order valence-corrected chi connectivity index (χ0v) is 26.4. The molecule has 0 saturated heterocycles. The molecule has 0 radical (unpaired) electrons. The molecular formula is C32H40N5Pt-3. The quantitative estimate of drug-likeness (QED) is 0.194. The van der Waals surface area contributed by atoms with Crippen molar-refractivity contribution >= 4 is 11.4 Å².